The minimum atomic E-state index is -1.52. The molecule has 6 aromatic rings. The molecule has 1 aliphatic rings. The highest BCUT2D eigenvalue weighted by Crippen LogP contribution is 2.45. The number of amides is 1. The van der Waals surface area contributed by atoms with Crippen LogP contribution in [0.3, 0.4) is 0 Å². The van der Waals surface area contributed by atoms with Crippen LogP contribution in [0.15, 0.2) is 155 Å². The third-order valence-corrected chi connectivity index (χ3v) is 11.3. The number of halogens is 3. The first-order valence-corrected chi connectivity index (χ1v) is 21.1. The van der Waals surface area contributed by atoms with Gasteiger partial charge >= 0.3 is 0 Å². The average molecular weight is 910 g/mol. The Hall–Kier alpha value is -5.36. The second-order valence-electron chi connectivity index (χ2n) is 14.2. The summed E-state index contributed by atoms with van der Waals surface area (Å²) in [5.41, 5.74) is 9.74. The van der Waals surface area contributed by atoms with Gasteiger partial charge in [0, 0.05) is 51.6 Å². The molecule has 12 heteroatoms. The lowest BCUT2D eigenvalue weighted by Gasteiger charge is -2.31. The molecule has 9 nitrogen and oxygen atoms in total. The summed E-state index contributed by atoms with van der Waals surface area (Å²) in [5.74, 6) is 1.76. The standard InChI is InChI=1S/C48H44BrCl2N3O6/c49-41-15-8-7-14-37(41)30-48(45(40-22-19-38(50)29-42(40)51)60-46(53-48)36-17-20-39(21-18-36)57-27-9-26-55)47(56)54-52-25-24-33-16-23-43(58-31-34-10-3-1-4-11-34)44(28-33)59-32-35-12-5-2-6-13-35/h1-8,10-23,28-29,45,52,55H,9,24-27,30-32H2,(H,54,56)/t45-,48-/m0/s1. The maximum atomic E-state index is 14.8. The molecule has 308 valence electrons. The van der Waals surface area contributed by atoms with Gasteiger partial charge in [-0.2, -0.15) is 0 Å². The first-order chi connectivity index (χ1) is 29.3. The molecule has 0 unspecified atom stereocenters. The summed E-state index contributed by atoms with van der Waals surface area (Å²) >= 11 is 16.9. The number of hydrogen-bond donors (Lipinski definition) is 3. The van der Waals surface area contributed by atoms with Gasteiger partial charge in [-0.15, -0.1) is 0 Å². The zero-order valence-corrected chi connectivity index (χ0v) is 35.8. The number of benzene rings is 6. The predicted octanol–water partition coefficient (Wildman–Crippen LogP) is 10.0. The number of hydrazine groups is 1. The Morgan fingerprint density at radius 2 is 1.45 bits per heavy atom. The van der Waals surface area contributed by atoms with Crippen LogP contribution in [0.4, 0.5) is 0 Å². The lowest BCUT2D eigenvalue weighted by Crippen LogP contribution is -2.54. The largest absolute Gasteiger partial charge is 0.494 e. The highest BCUT2D eigenvalue weighted by molar-refractivity contribution is 9.10. The molecule has 0 saturated heterocycles. The normalized spacial score (nSPS) is 15.8. The third-order valence-electron chi connectivity index (χ3n) is 9.92. The van der Waals surface area contributed by atoms with Crippen molar-refractivity contribution >= 4 is 50.9 Å². The molecule has 0 bridgehead atoms. The number of nitrogens with zero attached hydrogens (tertiary/aromatic N) is 1. The number of aliphatic imine (C=N–C) groups is 1. The second-order valence-corrected chi connectivity index (χ2v) is 15.9. The van der Waals surface area contributed by atoms with E-state index in [4.69, 9.17) is 52.2 Å². The molecule has 0 aliphatic carbocycles. The van der Waals surface area contributed by atoms with Crippen LogP contribution >= 0.6 is 39.1 Å². The van der Waals surface area contributed by atoms with Crippen molar-refractivity contribution in [2.45, 2.75) is 44.1 Å². The summed E-state index contributed by atoms with van der Waals surface area (Å²) in [5, 5.41) is 9.96. The zero-order chi connectivity index (χ0) is 41.7. The number of nitrogens with one attached hydrogen (secondary N) is 2. The quantitative estimate of drug-likeness (QED) is 0.0549. The van der Waals surface area contributed by atoms with Gasteiger partial charge in [-0.25, -0.2) is 10.4 Å². The first-order valence-electron chi connectivity index (χ1n) is 19.6. The van der Waals surface area contributed by atoms with Crippen molar-refractivity contribution in [3.05, 3.63) is 193 Å². The SMILES string of the molecule is O=C(NNCCc1ccc(OCc2ccccc2)c(OCc2ccccc2)c1)[C@@]1(Cc2ccccc2Br)N=C(c2ccc(OCCCO)cc2)O[C@H]1c1ccc(Cl)cc1Cl. The van der Waals surface area contributed by atoms with E-state index in [1.54, 1.807) is 30.3 Å². The fourth-order valence-corrected chi connectivity index (χ4v) is 7.71. The van der Waals surface area contributed by atoms with Crippen molar-refractivity contribution < 1.29 is 28.8 Å². The average Bonchev–Trinajstić information content (AvgIpc) is 3.65. The Bertz CT molecular complexity index is 2390. The van der Waals surface area contributed by atoms with E-state index in [0.29, 0.717) is 77.6 Å². The number of rotatable bonds is 19. The second kappa shape index (κ2) is 20.7. The van der Waals surface area contributed by atoms with Crippen molar-refractivity contribution in [1.29, 1.82) is 0 Å². The van der Waals surface area contributed by atoms with Gasteiger partial charge < -0.3 is 24.1 Å². The van der Waals surface area contributed by atoms with Crippen LogP contribution in [0.2, 0.25) is 10.0 Å². The number of ether oxygens (including phenoxy) is 4. The monoisotopic (exact) mass is 907 g/mol. The Morgan fingerprint density at radius 3 is 2.13 bits per heavy atom. The number of aliphatic hydroxyl groups excluding tert-OH is 1. The summed E-state index contributed by atoms with van der Waals surface area (Å²) < 4.78 is 25.8. The predicted molar refractivity (Wildman–Crippen MR) is 239 cm³/mol. The third kappa shape index (κ3) is 10.9. The van der Waals surface area contributed by atoms with E-state index in [9.17, 15) is 4.79 Å². The Morgan fingerprint density at radius 1 is 0.767 bits per heavy atom. The number of carbonyl (C=O) groups is 1. The fourth-order valence-electron chi connectivity index (χ4n) is 6.77. The highest BCUT2D eigenvalue weighted by Gasteiger charge is 2.54. The first kappa shape index (κ1) is 42.8. The molecule has 7 rings (SSSR count). The molecular formula is C48H44BrCl2N3O6. The van der Waals surface area contributed by atoms with Gasteiger partial charge in [0.1, 0.15) is 19.0 Å². The maximum Gasteiger partial charge on any atom is 0.266 e. The van der Waals surface area contributed by atoms with E-state index < -0.39 is 17.6 Å². The van der Waals surface area contributed by atoms with Crippen molar-refractivity contribution in [1.82, 2.24) is 10.9 Å². The van der Waals surface area contributed by atoms with Gasteiger partial charge in [-0.1, -0.05) is 130 Å². The Labute approximate surface area is 368 Å². The van der Waals surface area contributed by atoms with Gasteiger partial charge in [0.2, 0.25) is 5.90 Å². The summed E-state index contributed by atoms with van der Waals surface area (Å²) in [7, 11) is 0. The molecule has 0 spiro atoms. The smallest absolute Gasteiger partial charge is 0.266 e. The van der Waals surface area contributed by atoms with Gasteiger partial charge in [0.05, 0.1) is 6.61 Å². The minimum absolute atomic E-state index is 0.0388. The molecule has 0 radical (unpaired) electrons. The van der Waals surface area contributed by atoms with Crippen molar-refractivity contribution in [3.8, 4) is 17.2 Å². The van der Waals surface area contributed by atoms with Crippen LogP contribution in [0.25, 0.3) is 0 Å². The highest BCUT2D eigenvalue weighted by atomic mass is 79.9. The summed E-state index contributed by atoms with van der Waals surface area (Å²) in [6.07, 6.45) is 0.314. The lowest BCUT2D eigenvalue weighted by atomic mass is 9.82. The van der Waals surface area contributed by atoms with Gasteiger partial charge in [0.15, 0.2) is 23.1 Å². The van der Waals surface area contributed by atoms with E-state index >= 15 is 0 Å². The molecule has 6 aromatic carbocycles. The number of aliphatic hydroxyl groups is 1. The van der Waals surface area contributed by atoms with Crippen molar-refractivity contribution in [2.75, 3.05) is 19.8 Å². The van der Waals surface area contributed by atoms with E-state index in [-0.39, 0.29) is 18.9 Å². The van der Waals surface area contributed by atoms with E-state index in [2.05, 4.69) is 26.8 Å². The van der Waals surface area contributed by atoms with Crippen LogP contribution in [0.5, 0.6) is 17.2 Å². The molecule has 3 N–H and O–H groups in total. The number of carbonyl (C=O) groups excluding carboxylic acids is 1. The zero-order valence-electron chi connectivity index (χ0n) is 32.7. The summed E-state index contributed by atoms with van der Waals surface area (Å²) in [4.78, 5) is 19.9. The summed E-state index contributed by atoms with van der Waals surface area (Å²) in [6, 6.07) is 46.0. The minimum Gasteiger partial charge on any atom is -0.494 e. The molecule has 0 fully saturated rings. The van der Waals surface area contributed by atoms with E-state index in [1.165, 1.54) is 0 Å². The lowest BCUT2D eigenvalue weighted by molar-refractivity contribution is -0.130. The fraction of sp³-hybridized carbons (Fsp3) is 0.208. The van der Waals surface area contributed by atoms with Crippen LogP contribution in [0, 0.1) is 0 Å². The summed E-state index contributed by atoms with van der Waals surface area (Å²) in [6.45, 7) is 1.59. The molecule has 60 heavy (non-hydrogen) atoms. The van der Waals surface area contributed by atoms with Gasteiger partial charge in [-0.3, -0.25) is 10.2 Å². The molecule has 0 aromatic heterocycles. The van der Waals surface area contributed by atoms with E-state index in [1.807, 2.05) is 115 Å². The van der Waals surface area contributed by atoms with Crippen molar-refractivity contribution in [3.63, 3.8) is 0 Å². The molecule has 0 saturated carbocycles. The molecule has 1 heterocycles. The van der Waals surface area contributed by atoms with Gasteiger partial charge in [0.25, 0.3) is 5.91 Å². The Kier molecular flexibility index (Phi) is 14.8. The van der Waals surface area contributed by atoms with E-state index in [0.717, 1.165) is 26.7 Å². The van der Waals surface area contributed by atoms with Crippen LogP contribution in [-0.4, -0.2) is 42.2 Å². The van der Waals surface area contributed by atoms with Crippen molar-refractivity contribution in [2.24, 2.45) is 4.99 Å². The van der Waals surface area contributed by atoms with Crippen LogP contribution < -0.4 is 25.1 Å². The van der Waals surface area contributed by atoms with Gasteiger partial charge in [-0.05, 0) is 83.3 Å². The molecule has 2 atom stereocenters. The van der Waals surface area contributed by atoms with Crippen LogP contribution in [-0.2, 0) is 35.6 Å². The molecule has 1 aliphatic heterocycles. The topological polar surface area (TPSA) is 111 Å². The Balaban J connectivity index is 1.13. The maximum absolute atomic E-state index is 14.8. The number of hydrogen-bond acceptors (Lipinski definition) is 8. The molecular weight excluding hydrogens is 865 g/mol. The van der Waals surface area contributed by atoms with Crippen LogP contribution in [0.1, 0.15) is 45.9 Å². The molecule has 1 amide bonds.